The fourth-order valence-corrected chi connectivity index (χ4v) is 1.17. The molecule has 0 aromatic heterocycles. The Bertz CT molecular complexity index is 230. The molecule has 0 aliphatic heterocycles. The first-order valence-corrected chi connectivity index (χ1v) is 5.26. The Kier molecular flexibility index (Phi) is 5.50. The number of carbonyl (C=O) groups excluding carboxylic acids is 2. The second-order valence-corrected chi connectivity index (χ2v) is 4.81. The van der Waals surface area contributed by atoms with Gasteiger partial charge in [-0.25, -0.2) is 0 Å². The third-order valence-electron chi connectivity index (χ3n) is 1.89. The van der Waals surface area contributed by atoms with Crippen molar-refractivity contribution in [2.24, 2.45) is 0 Å². The number of likely N-dealkylation sites (N-methyl/N-ethyl adjacent to an activating group) is 1. The van der Waals surface area contributed by atoms with Crippen molar-refractivity contribution in [2.75, 3.05) is 27.7 Å². The molecule has 0 N–H and O–H groups in total. The minimum absolute atomic E-state index is 0.0903. The van der Waals surface area contributed by atoms with Crippen LogP contribution in [0.3, 0.4) is 0 Å². The Hall–Kier alpha value is -0.900. The lowest BCUT2D eigenvalue weighted by Crippen LogP contribution is -2.45. The monoisotopic (exact) mass is 216 g/mol. The zero-order valence-electron chi connectivity index (χ0n) is 10.4. The first-order chi connectivity index (χ1) is 6.76. The van der Waals surface area contributed by atoms with E-state index in [1.807, 2.05) is 28.1 Å². The fraction of sp³-hybridized carbons (Fsp3) is 0.818. The van der Waals surface area contributed by atoms with Crippen LogP contribution < -0.4 is 0 Å². The number of quaternary nitrogens is 1. The minimum Gasteiger partial charge on any atom is -0.448 e. The number of nitrogens with zero attached hydrogens (tertiary/aromatic N) is 1. The molecule has 0 aromatic carbocycles. The minimum atomic E-state index is -0.607. The van der Waals surface area contributed by atoms with Crippen LogP contribution in [-0.4, -0.2) is 50.0 Å². The number of esters is 1. The third-order valence-corrected chi connectivity index (χ3v) is 1.89. The summed E-state index contributed by atoms with van der Waals surface area (Å²) in [7, 11) is 5.89. The van der Waals surface area contributed by atoms with Gasteiger partial charge >= 0.3 is 5.97 Å². The van der Waals surface area contributed by atoms with Crippen LogP contribution in [0, 0.1) is 0 Å². The zero-order valence-corrected chi connectivity index (χ0v) is 10.4. The van der Waals surface area contributed by atoms with Crippen molar-refractivity contribution in [3.63, 3.8) is 0 Å². The molecular formula is C11H22NO3+. The first-order valence-electron chi connectivity index (χ1n) is 5.26. The van der Waals surface area contributed by atoms with Crippen molar-refractivity contribution in [3.05, 3.63) is 0 Å². The van der Waals surface area contributed by atoms with E-state index in [0.717, 1.165) is 6.42 Å². The summed E-state index contributed by atoms with van der Waals surface area (Å²) in [5.74, 6) is -0.376. The lowest BCUT2D eigenvalue weighted by Gasteiger charge is -2.27. The summed E-state index contributed by atoms with van der Waals surface area (Å²) in [6.07, 6.45) is 0.512. The van der Waals surface area contributed by atoms with Gasteiger partial charge in [0.2, 0.25) is 6.10 Å². The largest absolute Gasteiger partial charge is 0.448 e. The number of carbonyl (C=O) groups is 2. The number of rotatable bonds is 6. The van der Waals surface area contributed by atoms with E-state index >= 15 is 0 Å². The summed E-state index contributed by atoms with van der Waals surface area (Å²) >= 11 is 0. The van der Waals surface area contributed by atoms with E-state index in [1.54, 1.807) is 0 Å². The standard InChI is InChI=1S/C11H22NO3/c1-6-7-11(14)15-10(9(2)13)8-12(3,4)5/h10H,6-8H2,1-5H3/q+1. The van der Waals surface area contributed by atoms with Gasteiger partial charge in [-0.05, 0) is 13.3 Å². The van der Waals surface area contributed by atoms with Crippen molar-refractivity contribution in [2.45, 2.75) is 32.8 Å². The van der Waals surface area contributed by atoms with Crippen molar-refractivity contribution in [1.82, 2.24) is 0 Å². The molecule has 15 heavy (non-hydrogen) atoms. The van der Waals surface area contributed by atoms with Gasteiger partial charge in [-0.2, -0.15) is 0 Å². The Morgan fingerprint density at radius 3 is 2.13 bits per heavy atom. The maximum atomic E-state index is 11.3. The van der Waals surface area contributed by atoms with Gasteiger partial charge in [-0.15, -0.1) is 0 Å². The van der Waals surface area contributed by atoms with E-state index < -0.39 is 6.10 Å². The SMILES string of the molecule is CCCC(=O)OC(C[N+](C)(C)C)C(C)=O. The van der Waals surface area contributed by atoms with Gasteiger partial charge in [0, 0.05) is 6.42 Å². The molecule has 0 heterocycles. The van der Waals surface area contributed by atoms with E-state index in [9.17, 15) is 9.59 Å². The molecule has 88 valence electrons. The second kappa shape index (κ2) is 5.85. The highest BCUT2D eigenvalue weighted by Gasteiger charge is 2.25. The van der Waals surface area contributed by atoms with Gasteiger partial charge in [0.05, 0.1) is 21.1 Å². The molecule has 0 saturated heterocycles. The topological polar surface area (TPSA) is 43.4 Å². The smallest absolute Gasteiger partial charge is 0.306 e. The molecule has 1 atom stereocenters. The van der Waals surface area contributed by atoms with Crippen molar-refractivity contribution >= 4 is 11.8 Å². The van der Waals surface area contributed by atoms with Crippen LogP contribution >= 0.6 is 0 Å². The Labute approximate surface area is 91.8 Å². The molecule has 4 heteroatoms. The van der Waals surface area contributed by atoms with Gasteiger partial charge in [-0.3, -0.25) is 9.59 Å². The maximum absolute atomic E-state index is 11.3. The highest BCUT2D eigenvalue weighted by Crippen LogP contribution is 2.04. The van der Waals surface area contributed by atoms with E-state index in [4.69, 9.17) is 4.74 Å². The maximum Gasteiger partial charge on any atom is 0.306 e. The van der Waals surface area contributed by atoms with Gasteiger partial charge in [0.25, 0.3) is 0 Å². The van der Waals surface area contributed by atoms with Crippen LogP contribution in [0.1, 0.15) is 26.7 Å². The lowest BCUT2D eigenvalue weighted by atomic mass is 10.2. The predicted octanol–water partition coefficient (Wildman–Crippen LogP) is 0.994. The summed E-state index contributed by atoms with van der Waals surface area (Å²) < 4.78 is 5.73. The van der Waals surface area contributed by atoms with Gasteiger partial charge in [0.1, 0.15) is 6.54 Å². The highest BCUT2D eigenvalue weighted by atomic mass is 16.5. The average molecular weight is 216 g/mol. The van der Waals surface area contributed by atoms with Gasteiger partial charge < -0.3 is 9.22 Å². The normalized spacial score (nSPS) is 13.4. The summed E-state index contributed by atoms with van der Waals surface area (Å²) in [6, 6.07) is 0. The third kappa shape index (κ3) is 7.08. The summed E-state index contributed by atoms with van der Waals surface area (Å²) in [5.41, 5.74) is 0. The summed E-state index contributed by atoms with van der Waals surface area (Å²) in [4.78, 5) is 22.5. The molecule has 0 rings (SSSR count). The van der Waals surface area contributed by atoms with Crippen molar-refractivity contribution < 1.29 is 18.8 Å². The number of hydrogen-bond donors (Lipinski definition) is 0. The molecule has 0 saturated carbocycles. The molecular weight excluding hydrogens is 194 g/mol. The van der Waals surface area contributed by atoms with E-state index in [0.29, 0.717) is 17.4 Å². The summed E-state index contributed by atoms with van der Waals surface area (Å²) in [6.45, 7) is 3.88. The van der Waals surface area contributed by atoms with Crippen molar-refractivity contribution in [3.8, 4) is 0 Å². The first kappa shape index (κ1) is 14.1. The molecule has 1 unspecified atom stereocenters. The molecule has 0 radical (unpaired) electrons. The number of Topliss-reactive ketones (excluding diaryl/α,β-unsaturated/α-hetero) is 1. The highest BCUT2D eigenvalue weighted by molar-refractivity contribution is 5.83. The Morgan fingerprint density at radius 2 is 1.80 bits per heavy atom. The molecule has 0 aliphatic carbocycles. The molecule has 4 nitrogen and oxygen atoms in total. The quantitative estimate of drug-likeness (QED) is 0.491. The second-order valence-electron chi connectivity index (χ2n) is 4.81. The molecule has 0 aliphatic rings. The molecule has 0 aromatic rings. The Balaban J connectivity index is 4.29. The lowest BCUT2D eigenvalue weighted by molar-refractivity contribution is -0.872. The number of ketones is 1. The van der Waals surface area contributed by atoms with Gasteiger partial charge in [0.15, 0.2) is 5.78 Å². The number of hydrogen-bond acceptors (Lipinski definition) is 3. The van der Waals surface area contributed by atoms with Crippen LogP contribution in [0.15, 0.2) is 0 Å². The van der Waals surface area contributed by atoms with Crippen LogP contribution in [-0.2, 0) is 14.3 Å². The van der Waals surface area contributed by atoms with Crippen LogP contribution in [0.5, 0.6) is 0 Å². The predicted molar refractivity (Wildman–Crippen MR) is 58.4 cm³/mol. The Morgan fingerprint density at radius 1 is 1.27 bits per heavy atom. The fourth-order valence-electron chi connectivity index (χ4n) is 1.17. The van der Waals surface area contributed by atoms with Gasteiger partial charge in [-0.1, -0.05) is 6.92 Å². The van der Waals surface area contributed by atoms with Crippen LogP contribution in [0.4, 0.5) is 0 Å². The van der Waals surface area contributed by atoms with Crippen LogP contribution in [0.25, 0.3) is 0 Å². The van der Waals surface area contributed by atoms with Crippen LogP contribution in [0.2, 0.25) is 0 Å². The molecule has 0 amide bonds. The number of ether oxygens (including phenoxy) is 1. The molecule has 0 spiro atoms. The molecule has 0 bridgehead atoms. The van der Waals surface area contributed by atoms with E-state index in [1.165, 1.54) is 6.92 Å². The molecule has 0 fully saturated rings. The summed E-state index contributed by atoms with van der Waals surface area (Å²) in [5, 5.41) is 0. The average Bonchev–Trinajstić information content (AvgIpc) is 2.00. The van der Waals surface area contributed by atoms with Crippen molar-refractivity contribution in [1.29, 1.82) is 0 Å². The van der Waals surface area contributed by atoms with E-state index in [-0.39, 0.29) is 11.8 Å². The zero-order chi connectivity index (χ0) is 12.1. The van der Waals surface area contributed by atoms with E-state index in [2.05, 4.69) is 0 Å².